The zero-order valence-electron chi connectivity index (χ0n) is 27.6. The first-order valence-electron chi connectivity index (χ1n) is 16.3. The number of benzene rings is 1. The molecule has 47 heavy (non-hydrogen) atoms. The summed E-state index contributed by atoms with van der Waals surface area (Å²) in [6.45, 7) is 9.57. The van der Waals surface area contributed by atoms with E-state index >= 15 is 0 Å². The number of amides is 2. The summed E-state index contributed by atoms with van der Waals surface area (Å²) in [7, 11) is 3.58. The maximum atomic E-state index is 12.7. The second-order valence-electron chi connectivity index (χ2n) is 11.9. The molecule has 2 fully saturated rings. The van der Waals surface area contributed by atoms with E-state index in [2.05, 4.69) is 46.7 Å². The highest BCUT2D eigenvalue weighted by atomic mass is 16.2. The molecule has 0 bridgehead atoms. The SMILES string of the molecule is CC.CCn1cccc(CN2CC(n3ncc4c3CN(C)c3c(Nc5cc(NC(=O)C6CC6)nnc5C(=O)NC)cccc3-4)C2)c1=O. The fourth-order valence-electron chi connectivity index (χ4n) is 6.24. The molecule has 13 heteroatoms. The van der Waals surface area contributed by atoms with Gasteiger partial charge in [0.15, 0.2) is 11.5 Å². The molecule has 1 saturated heterocycles. The Balaban J connectivity index is 0.00000190. The molecule has 3 aromatic heterocycles. The second kappa shape index (κ2) is 13.4. The van der Waals surface area contributed by atoms with Crippen molar-refractivity contribution in [2.75, 3.05) is 42.7 Å². The maximum Gasteiger partial charge on any atom is 0.273 e. The molecule has 2 aliphatic heterocycles. The molecular weight excluding hydrogens is 596 g/mol. The van der Waals surface area contributed by atoms with E-state index < -0.39 is 0 Å². The molecule has 0 atom stereocenters. The summed E-state index contributed by atoms with van der Waals surface area (Å²) in [5.41, 5.74) is 6.46. The molecule has 0 unspecified atom stereocenters. The van der Waals surface area contributed by atoms with Crippen molar-refractivity contribution in [3.8, 4) is 11.1 Å². The van der Waals surface area contributed by atoms with Crippen LogP contribution in [-0.2, 0) is 24.4 Å². The van der Waals surface area contributed by atoms with Crippen molar-refractivity contribution in [3.63, 3.8) is 0 Å². The Morgan fingerprint density at radius 1 is 1.02 bits per heavy atom. The summed E-state index contributed by atoms with van der Waals surface area (Å²) in [5.74, 6) is -0.164. The third-order valence-electron chi connectivity index (χ3n) is 8.82. The van der Waals surface area contributed by atoms with Crippen LogP contribution in [0.1, 0.15) is 61.4 Å². The van der Waals surface area contributed by atoms with Gasteiger partial charge < -0.3 is 25.4 Å². The van der Waals surface area contributed by atoms with Crippen LogP contribution in [0.25, 0.3) is 11.1 Å². The monoisotopic (exact) mass is 638 g/mol. The average molecular weight is 639 g/mol. The number of anilines is 4. The molecular formula is C34H42N10O3. The van der Waals surface area contributed by atoms with Crippen LogP contribution < -0.4 is 26.4 Å². The first kappa shape index (κ1) is 31.9. The molecule has 13 nitrogen and oxygen atoms in total. The van der Waals surface area contributed by atoms with Gasteiger partial charge in [0, 0.05) is 75.1 Å². The van der Waals surface area contributed by atoms with E-state index in [1.54, 1.807) is 17.7 Å². The number of hydrogen-bond acceptors (Lipinski definition) is 9. The van der Waals surface area contributed by atoms with Crippen molar-refractivity contribution < 1.29 is 9.59 Å². The Hall–Kier alpha value is -5.04. The van der Waals surface area contributed by atoms with Crippen molar-refractivity contribution in [2.45, 2.75) is 59.3 Å². The first-order chi connectivity index (χ1) is 22.8. The number of nitrogens with one attached hydrogen (secondary N) is 3. The van der Waals surface area contributed by atoms with Gasteiger partial charge >= 0.3 is 0 Å². The molecule has 3 aliphatic rings. The lowest BCUT2D eigenvalue weighted by atomic mass is 9.97. The summed E-state index contributed by atoms with van der Waals surface area (Å²) in [6, 6.07) is 11.7. The summed E-state index contributed by atoms with van der Waals surface area (Å²) in [6.07, 6.45) is 5.50. The lowest BCUT2D eigenvalue weighted by Gasteiger charge is -2.41. The van der Waals surface area contributed by atoms with Crippen LogP contribution in [0.15, 0.2) is 53.6 Å². The highest BCUT2D eigenvalue weighted by Gasteiger charge is 2.35. The predicted molar refractivity (Wildman–Crippen MR) is 182 cm³/mol. The maximum absolute atomic E-state index is 12.7. The summed E-state index contributed by atoms with van der Waals surface area (Å²) >= 11 is 0. The Kier molecular flexibility index (Phi) is 9.08. The van der Waals surface area contributed by atoms with Crippen LogP contribution in [0, 0.1) is 5.92 Å². The van der Waals surface area contributed by atoms with Crippen molar-refractivity contribution in [3.05, 3.63) is 76.1 Å². The molecule has 1 saturated carbocycles. The minimum Gasteiger partial charge on any atom is -0.366 e. The van der Waals surface area contributed by atoms with E-state index in [1.165, 1.54) is 0 Å². The van der Waals surface area contributed by atoms with Crippen LogP contribution in [0.3, 0.4) is 0 Å². The smallest absolute Gasteiger partial charge is 0.273 e. The van der Waals surface area contributed by atoms with Crippen molar-refractivity contribution in [1.29, 1.82) is 0 Å². The van der Waals surface area contributed by atoms with Crippen LogP contribution >= 0.6 is 0 Å². The van der Waals surface area contributed by atoms with E-state index in [0.717, 1.165) is 59.7 Å². The van der Waals surface area contributed by atoms with E-state index in [9.17, 15) is 14.4 Å². The number of hydrogen-bond donors (Lipinski definition) is 3. The highest BCUT2D eigenvalue weighted by Crippen LogP contribution is 2.45. The van der Waals surface area contributed by atoms with E-state index in [-0.39, 0.29) is 35.0 Å². The van der Waals surface area contributed by atoms with Gasteiger partial charge in [-0.2, -0.15) is 5.10 Å². The average Bonchev–Trinajstić information content (AvgIpc) is 3.84. The molecule has 7 rings (SSSR count). The van der Waals surface area contributed by atoms with Gasteiger partial charge in [-0.3, -0.25) is 24.0 Å². The third kappa shape index (κ3) is 6.22. The van der Waals surface area contributed by atoms with Gasteiger partial charge in [-0.15, -0.1) is 10.2 Å². The molecule has 0 radical (unpaired) electrons. The van der Waals surface area contributed by atoms with Crippen molar-refractivity contribution >= 4 is 34.7 Å². The van der Waals surface area contributed by atoms with Gasteiger partial charge in [0.2, 0.25) is 5.91 Å². The molecule has 4 aromatic rings. The zero-order valence-corrected chi connectivity index (χ0v) is 27.6. The molecule has 246 valence electrons. The fraction of sp³-hybridized carbons (Fsp3) is 0.412. The number of carbonyl (C=O) groups excluding carboxylic acids is 2. The van der Waals surface area contributed by atoms with Crippen molar-refractivity contribution in [1.82, 2.24) is 34.8 Å². The number of aromatic nitrogens is 5. The quantitative estimate of drug-likeness (QED) is 0.248. The van der Waals surface area contributed by atoms with Gasteiger partial charge in [-0.1, -0.05) is 32.0 Å². The lowest BCUT2D eigenvalue weighted by Crippen LogP contribution is -2.48. The Morgan fingerprint density at radius 3 is 2.53 bits per heavy atom. The first-order valence-corrected chi connectivity index (χ1v) is 16.3. The number of pyridine rings is 1. The zero-order chi connectivity index (χ0) is 33.2. The third-order valence-corrected chi connectivity index (χ3v) is 8.82. The Labute approximate surface area is 274 Å². The number of rotatable bonds is 9. The van der Waals surface area contributed by atoms with Crippen molar-refractivity contribution in [2.24, 2.45) is 5.92 Å². The number of para-hydroxylation sites is 1. The molecule has 1 aliphatic carbocycles. The highest BCUT2D eigenvalue weighted by molar-refractivity contribution is 6.01. The number of aryl methyl sites for hydroxylation is 1. The van der Waals surface area contributed by atoms with Gasteiger partial charge in [0.05, 0.1) is 41.5 Å². The number of nitrogens with zero attached hydrogens (tertiary/aromatic N) is 7. The summed E-state index contributed by atoms with van der Waals surface area (Å²) < 4.78 is 3.87. The minimum atomic E-state index is -0.385. The summed E-state index contributed by atoms with van der Waals surface area (Å²) in [4.78, 5) is 42.2. The van der Waals surface area contributed by atoms with E-state index in [0.29, 0.717) is 31.1 Å². The number of carbonyl (C=O) groups is 2. The lowest BCUT2D eigenvalue weighted by molar-refractivity contribution is -0.117. The topological polar surface area (TPSA) is 142 Å². The van der Waals surface area contributed by atoms with Crippen LogP contribution in [0.4, 0.5) is 22.9 Å². The van der Waals surface area contributed by atoms with Crippen LogP contribution in [-0.4, -0.2) is 68.4 Å². The van der Waals surface area contributed by atoms with E-state index in [4.69, 9.17) is 5.10 Å². The Morgan fingerprint density at radius 2 is 1.81 bits per heavy atom. The second-order valence-corrected chi connectivity index (χ2v) is 11.9. The Bertz CT molecular complexity index is 1860. The number of fused-ring (bicyclic) bond motifs is 3. The predicted octanol–water partition coefficient (Wildman–Crippen LogP) is 4.01. The van der Waals surface area contributed by atoms with Gasteiger partial charge in [-0.25, -0.2) is 0 Å². The normalized spacial score (nSPS) is 15.5. The standard InChI is InChI=1S/C32H36N10O3.C2H6/c1-4-41-12-6-7-20(32(41)45)15-40-16-21(17-40)42-26-18-39(3)29-22(23(26)14-34-42)8-5-9-24(29)35-25-13-27(36-30(43)19-10-11-19)37-38-28(25)31(44)33-2;1-2/h5-9,12-14,19,21H,4,10-11,15-18H2,1-3H3,(H,33,44)(H2,35,36,37,43);1-2H3. The van der Waals surface area contributed by atoms with Gasteiger partial charge in [-0.05, 0) is 31.9 Å². The number of likely N-dealkylation sites (tertiary alicyclic amines) is 1. The van der Waals surface area contributed by atoms with E-state index in [1.807, 2.05) is 64.5 Å². The van der Waals surface area contributed by atoms with Gasteiger partial charge in [0.25, 0.3) is 11.5 Å². The largest absolute Gasteiger partial charge is 0.366 e. The van der Waals surface area contributed by atoms with Gasteiger partial charge in [0.1, 0.15) is 0 Å². The molecule has 2 amide bonds. The van der Waals surface area contributed by atoms with Crippen LogP contribution in [0.2, 0.25) is 0 Å². The molecule has 5 heterocycles. The minimum absolute atomic E-state index is 0.0115. The molecule has 1 aromatic carbocycles. The van der Waals surface area contributed by atoms with Crippen LogP contribution in [0.5, 0.6) is 0 Å². The summed E-state index contributed by atoms with van der Waals surface area (Å²) in [5, 5.41) is 21.9. The molecule has 0 spiro atoms. The fourth-order valence-corrected chi connectivity index (χ4v) is 6.24. The molecule has 3 N–H and O–H groups in total.